The lowest BCUT2D eigenvalue weighted by Gasteiger charge is -2.26. The van der Waals surface area contributed by atoms with Crippen LogP contribution in [0.15, 0.2) is 24.3 Å². The van der Waals surface area contributed by atoms with Crippen molar-refractivity contribution in [3.8, 4) is 6.07 Å². The number of nitriles is 1. The summed E-state index contributed by atoms with van der Waals surface area (Å²) >= 11 is 0. The molecule has 1 aromatic carbocycles. The molecule has 1 aliphatic heterocycles. The van der Waals surface area contributed by atoms with Gasteiger partial charge in [-0.2, -0.15) is 5.26 Å². The largest absolute Gasteiger partial charge is 0.311 e. The Labute approximate surface area is 112 Å². The highest BCUT2D eigenvalue weighted by Gasteiger charge is 2.31. The third-order valence-electron chi connectivity index (χ3n) is 3.38. The van der Waals surface area contributed by atoms with Gasteiger partial charge in [0.2, 0.25) is 5.91 Å². The van der Waals surface area contributed by atoms with E-state index in [4.69, 9.17) is 5.26 Å². The molecule has 19 heavy (non-hydrogen) atoms. The molecule has 2 rings (SSSR count). The van der Waals surface area contributed by atoms with Crippen molar-refractivity contribution in [2.75, 3.05) is 25.0 Å². The average Bonchev–Trinajstić information content (AvgIpc) is 2.52. The van der Waals surface area contributed by atoms with Crippen molar-refractivity contribution in [2.24, 2.45) is 0 Å². The molecule has 0 aliphatic carbocycles. The highest BCUT2D eigenvalue weighted by atomic mass is 19.1. The van der Waals surface area contributed by atoms with Crippen molar-refractivity contribution in [3.63, 3.8) is 0 Å². The number of nitrogens with zero attached hydrogens (tertiary/aromatic N) is 3. The fraction of sp³-hybridized carbons (Fsp3) is 0.429. The molecule has 0 spiro atoms. The number of benzene rings is 1. The van der Waals surface area contributed by atoms with E-state index < -0.39 is 6.04 Å². The number of carbonyl (C=O) groups excluding carboxylic acids is 1. The van der Waals surface area contributed by atoms with Crippen LogP contribution in [0.3, 0.4) is 0 Å². The smallest absolute Gasteiger partial charge is 0.245 e. The summed E-state index contributed by atoms with van der Waals surface area (Å²) < 4.78 is 13.3. The molecule has 5 heteroatoms. The Balaban J connectivity index is 2.30. The molecule has 0 radical (unpaired) electrons. The summed E-state index contributed by atoms with van der Waals surface area (Å²) in [6.07, 6.45) is 0.960. The van der Waals surface area contributed by atoms with Crippen molar-refractivity contribution in [2.45, 2.75) is 18.9 Å². The summed E-state index contributed by atoms with van der Waals surface area (Å²) in [5.74, 6) is -0.494. The van der Waals surface area contributed by atoms with Gasteiger partial charge in [-0.25, -0.2) is 4.39 Å². The molecule has 1 aliphatic rings. The van der Waals surface area contributed by atoms with Gasteiger partial charge in [0.25, 0.3) is 0 Å². The molecule has 4 nitrogen and oxygen atoms in total. The van der Waals surface area contributed by atoms with E-state index in [0.29, 0.717) is 12.2 Å². The molecular weight excluding hydrogens is 245 g/mol. The van der Waals surface area contributed by atoms with Crippen molar-refractivity contribution in [1.29, 1.82) is 5.26 Å². The van der Waals surface area contributed by atoms with Crippen LogP contribution in [-0.2, 0) is 4.79 Å². The van der Waals surface area contributed by atoms with Crippen LogP contribution >= 0.6 is 0 Å². The molecule has 0 saturated carbocycles. The van der Waals surface area contributed by atoms with E-state index in [1.807, 2.05) is 18.0 Å². The number of anilines is 1. The van der Waals surface area contributed by atoms with E-state index in [1.54, 1.807) is 17.0 Å². The van der Waals surface area contributed by atoms with E-state index >= 15 is 0 Å². The molecule has 1 unspecified atom stereocenters. The zero-order chi connectivity index (χ0) is 13.8. The van der Waals surface area contributed by atoms with Gasteiger partial charge in [-0.3, -0.25) is 9.69 Å². The summed E-state index contributed by atoms with van der Waals surface area (Å²) in [6.45, 7) is 1.30. The number of hydrogen-bond donors (Lipinski definition) is 0. The van der Waals surface area contributed by atoms with Gasteiger partial charge in [-0.1, -0.05) is 6.07 Å². The predicted molar refractivity (Wildman–Crippen MR) is 70.0 cm³/mol. The summed E-state index contributed by atoms with van der Waals surface area (Å²) in [5, 5.41) is 8.84. The SMILES string of the molecule is CN1CCCN(c2cccc(F)c2)C(=O)C1CC#N. The molecule has 1 heterocycles. The first-order valence-electron chi connectivity index (χ1n) is 6.27. The molecular formula is C14H16FN3O. The van der Waals surface area contributed by atoms with E-state index in [-0.39, 0.29) is 18.1 Å². The zero-order valence-corrected chi connectivity index (χ0v) is 10.8. The number of rotatable bonds is 2. The molecule has 1 atom stereocenters. The first-order valence-corrected chi connectivity index (χ1v) is 6.27. The van der Waals surface area contributed by atoms with E-state index in [0.717, 1.165) is 13.0 Å². The maximum Gasteiger partial charge on any atom is 0.245 e. The maximum atomic E-state index is 13.3. The minimum Gasteiger partial charge on any atom is -0.311 e. The minimum atomic E-state index is -0.448. The van der Waals surface area contributed by atoms with Crippen LogP contribution in [0.2, 0.25) is 0 Å². The van der Waals surface area contributed by atoms with Gasteiger partial charge >= 0.3 is 0 Å². The molecule has 1 fully saturated rings. The normalized spacial score (nSPS) is 21.0. The molecule has 0 aromatic heterocycles. The fourth-order valence-corrected chi connectivity index (χ4v) is 2.34. The second kappa shape index (κ2) is 5.81. The average molecular weight is 261 g/mol. The van der Waals surface area contributed by atoms with Crippen molar-refractivity contribution >= 4 is 11.6 Å². The molecule has 1 aromatic rings. The lowest BCUT2D eigenvalue weighted by molar-refractivity contribution is -0.122. The molecule has 100 valence electrons. The number of likely N-dealkylation sites (N-methyl/N-ethyl adjacent to an activating group) is 1. The topological polar surface area (TPSA) is 47.3 Å². The quantitative estimate of drug-likeness (QED) is 0.815. The second-order valence-electron chi connectivity index (χ2n) is 4.68. The fourth-order valence-electron chi connectivity index (χ4n) is 2.34. The highest BCUT2D eigenvalue weighted by molar-refractivity contribution is 5.97. The van der Waals surface area contributed by atoms with Crippen molar-refractivity contribution in [3.05, 3.63) is 30.1 Å². The van der Waals surface area contributed by atoms with Crippen LogP contribution in [0, 0.1) is 17.1 Å². The number of carbonyl (C=O) groups is 1. The second-order valence-corrected chi connectivity index (χ2v) is 4.68. The van der Waals surface area contributed by atoms with Crippen LogP contribution in [0.5, 0.6) is 0 Å². The van der Waals surface area contributed by atoms with Crippen molar-refractivity contribution in [1.82, 2.24) is 4.90 Å². The predicted octanol–water partition coefficient (Wildman–Crippen LogP) is 1.78. The van der Waals surface area contributed by atoms with Gasteiger partial charge < -0.3 is 4.90 Å². The Morgan fingerprint density at radius 2 is 2.26 bits per heavy atom. The Kier molecular flexibility index (Phi) is 4.13. The monoisotopic (exact) mass is 261 g/mol. The van der Waals surface area contributed by atoms with Crippen LogP contribution in [0.25, 0.3) is 0 Å². The first kappa shape index (κ1) is 13.5. The van der Waals surface area contributed by atoms with Gasteiger partial charge in [-0.05, 0) is 31.7 Å². The Morgan fingerprint density at radius 1 is 1.47 bits per heavy atom. The first-order chi connectivity index (χ1) is 9.13. The summed E-state index contributed by atoms with van der Waals surface area (Å²) in [7, 11) is 1.84. The Morgan fingerprint density at radius 3 is 2.95 bits per heavy atom. The lowest BCUT2D eigenvalue weighted by atomic mass is 10.1. The van der Waals surface area contributed by atoms with Gasteiger partial charge in [-0.15, -0.1) is 0 Å². The molecule has 1 amide bonds. The molecule has 1 saturated heterocycles. The molecule has 0 N–H and O–H groups in total. The standard InChI is InChI=1S/C14H16FN3O/c1-17-8-3-9-18(14(19)13(17)6-7-16)12-5-2-4-11(15)10-12/h2,4-5,10,13H,3,6,8-9H2,1H3. The third kappa shape index (κ3) is 2.91. The highest BCUT2D eigenvalue weighted by Crippen LogP contribution is 2.21. The van der Waals surface area contributed by atoms with Crippen LogP contribution in [0.4, 0.5) is 10.1 Å². The Hall–Kier alpha value is -1.93. The van der Waals surface area contributed by atoms with Crippen LogP contribution in [-0.4, -0.2) is 37.0 Å². The summed E-state index contributed by atoms with van der Waals surface area (Å²) in [4.78, 5) is 15.9. The molecule has 0 bridgehead atoms. The van der Waals surface area contributed by atoms with E-state index in [1.165, 1.54) is 12.1 Å². The zero-order valence-electron chi connectivity index (χ0n) is 10.8. The van der Waals surface area contributed by atoms with Gasteiger partial charge in [0.1, 0.15) is 11.9 Å². The minimum absolute atomic E-state index is 0.132. The maximum absolute atomic E-state index is 13.3. The van der Waals surface area contributed by atoms with E-state index in [2.05, 4.69) is 0 Å². The number of amides is 1. The van der Waals surface area contributed by atoms with Gasteiger partial charge in [0.15, 0.2) is 0 Å². The van der Waals surface area contributed by atoms with Gasteiger partial charge in [0.05, 0.1) is 12.5 Å². The third-order valence-corrected chi connectivity index (χ3v) is 3.38. The summed E-state index contributed by atoms with van der Waals surface area (Å²) in [5.41, 5.74) is 0.559. The van der Waals surface area contributed by atoms with Crippen LogP contribution in [0.1, 0.15) is 12.8 Å². The Bertz CT molecular complexity index is 512. The number of halogens is 1. The van der Waals surface area contributed by atoms with Crippen molar-refractivity contribution < 1.29 is 9.18 Å². The van der Waals surface area contributed by atoms with Gasteiger partial charge in [0, 0.05) is 18.8 Å². The summed E-state index contributed by atoms with van der Waals surface area (Å²) in [6, 6.07) is 7.61. The van der Waals surface area contributed by atoms with Crippen LogP contribution < -0.4 is 4.90 Å². The lowest BCUT2D eigenvalue weighted by Crippen LogP contribution is -2.44. The van der Waals surface area contributed by atoms with E-state index in [9.17, 15) is 9.18 Å². The number of hydrogen-bond acceptors (Lipinski definition) is 3.